The highest BCUT2D eigenvalue weighted by atomic mass is 32.2. The Bertz CT molecular complexity index is 991. The van der Waals surface area contributed by atoms with Crippen LogP contribution in [0.3, 0.4) is 0 Å². The Labute approximate surface area is 161 Å². The van der Waals surface area contributed by atoms with E-state index in [4.69, 9.17) is 12.2 Å². The number of rotatable bonds is 5. The van der Waals surface area contributed by atoms with Crippen LogP contribution in [0.4, 0.5) is 17.1 Å². The molecule has 27 heavy (non-hydrogen) atoms. The van der Waals surface area contributed by atoms with Crippen molar-refractivity contribution in [2.75, 3.05) is 5.43 Å². The molecule has 0 spiro atoms. The van der Waals surface area contributed by atoms with E-state index < -0.39 is 15.8 Å². The van der Waals surface area contributed by atoms with Crippen LogP contribution in [0, 0.1) is 20.2 Å². The molecule has 2 aromatic rings. The van der Waals surface area contributed by atoms with Crippen LogP contribution in [0.2, 0.25) is 0 Å². The second kappa shape index (κ2) is 7.51. The SMILES string of the molecule is O=C1/C(=C\c2ccccc2[N+](=O)[O-])SC(=S)N1Nc1ccc([N+](=O)[O-])cc1. The topological polar surface area (TPSA) is 119 Å². The van der Waals surface area contributed by atoms with E-state index in [0.717, 1.165) is 16.8 Å². The molecule has 11 heteroatoms. The first-order chi connectivity index (χ1) is 12.9. The van der Waals surface area contributed by atoms with Gasteiger partial charge < -0.3 is 0 Å². The molecule has 0 unspecified atom stereocenters. The first kappa shape index (κ1) is 18.5. The molecular formula is C16H10N4O5S2. The van der Waals surface area contributed by atoms with Crippen molar-refractivity contribution in [2.45, 2.75) is 0 Å². The molecule has 1 aliphatic heterocycles. The Balaban J connectivity index is 1.83. The van der Waals surface area contributed by atoms with Crippen LogP contribution >= 0.6 is 24.0 Å². The van der Waals surface area contributed by atoms with Crippen molar-refractivity contribution in [3.05, 3.63) is 79.2 Å². The van der Waals surface area contributed by atoms with Gasteiger partial charge in [0.2, 0.25) is 0 Å². The van der Waals surface area contributed by atoms with Crippen molar-refractivity contribution in [2.24, 2.45) is 0 Å². The Morgan fingerprint density at radius 1 is 1.04 bits per heavy atom. The molecule has 1 N–H and O–H groups in total. The molecule has 3 rings (SSSR count). The molecule has 0 aromatic heterocycles. The van der Waals surface area contributed by atoms with Crippen molar-refractivity contribution in [3.8, 4) is 0 Å². The summed E-state index contributed by atoms with van der Waals surface area (Å²) in [5.41, 5.74) is 3.31. The largest absolute Gasteiger partial charge is 0.290 e. The number of thioether (sulfide) groups is 1. The lowest BCUT2D eigenvalue weighted by atomic mass is 10.1. The summed E-state index contributed by atoms with van der Waals surface area (Å²) in [6.45, 7) is 0. The number of non-ortho nitro benzene ring substituents is 1. The van der Waals surface area contributed by atoms with Gasteiger partial charge in [-0.2, -0.15) is 0 Å². The Morgan fingerprint density at radius 2 is 1.70 bits per heavy atom. The molecule has 0 atom stereocenters. The van der Waals surface area contributed by atoms with Gasteiger partial charge in [-0.1, -0.05) is 23.9 Å². The molecule has 1 fully saturated rings. The van der Waals surface area contributed by atoms with Gasteiger partial charge in [0, 0.05) is 18.2 Å². The lowest BCUT2D eigenvalue weighted by molar-refractivity contribution is -0.385. The van der Waals surface area contributed by atoms with Crippen molar-refractivity contribution in [1.82, 2.24) is 5.01 Å². The van der Waals surface area contributed by atoms with Crippen LogP contribution in [0.25, 0.3) is 6.08 Å². The third-order valence-electron chi connectivity index (χ3n) is 3.53. The number of nitrogens with one attached hydrogen (secondary N) is 1. The third kappa shape index (κ3) is 3.93. The number of nitro benzene ring substituents is 2. The average molecular weight is 402 g/mol. The number of para-hydroxylation sites is 1. The van der Waals surface area contributed by atoms with E-state index >= 15 is 0 Å². The molecule has 1 aliphatic rings. The molecule has 136 valence electrons. The summed E-state index contributed by atoms with van der Waals surface area (Å²) in [6.07, 6.45) is 1.41. The van der Waals surface area contributed by atoms with E-state index in [-0.39, 0.29) is 20.6 Å². The summed E-state index contributed by atoms with van der Waals surface area (Å²) in [5, 5.41) is 22.9. The van der Waals surface area contributed by atoms with Crippen LogP contribution in [0.15, 0.2) is 53.4 Å². The number of carbonyl (C=O) groups excluding carboxylic acids is 1. The van der Waals surface area contributed by atoms with Crippen LogP contribution in [0.5, 0.6) is 0 Å². The zero-order valence-corrected chi connectivity index (χ0v) is 15.0. The summed E-state index contributed by atoms with van der Waals surface area (Å²) < 4.78 is 0.211. The van der Waals surface area contributed by atoms with Gasteiger partial charge in [0.1, 0.15) is 0 Å². The summed E-state index contributed by atoms with van der Waals surface area (Å²) in [5.74, 6) is -0.471. The number of amides is 1. The number of nitrogens with zero attached hydrogens (tertiary/aromatic N) is 3. The van der Waals surface area contributed by atoms with Gasteiger partial charge in [0.05, 0.1) is 26.0 Å². The number of carbonyl (C=O) groups is 1. The summed E-state index contributed by atoms with van der Waals surface area (Å²) in [4.78, 5) is 33.6. The average Bonchev–Trinajstić information content (AvgIpc) is 2.90. The molecule has 2 aromatic carbocycles. The number of hydrogen-bond donors (Lipinski definition) is 1. The predicted octanol–water partition coefficient (Wildman–Crippen LogP) is 3.73. The van der Waals surface area contributed by atoms with Gasteiger partial charge in [0.25, 0.3) is 17.3 Å². The number of thiocarbonyl (C=S) groups is 1. The first-order valence-corrected chi connectivity index (χ1v) is 8.62. The van der Waals surface area contributed by atoms with E-state index in [2.05, 4.69) is 5.43 Å². The highest BCUT2D eigenvalue weighted by Gasteiger charge is 2.33. The van der Waals surface area contributed by atoms with E-state index in [0.29, 0.717) is 11.3 Å². The summed E-state index contributed by atoms with van der Waals surface area (Å²) >= 11 is 6.18. The second-order valence-corrected chi connectivity index (χ2v) is 6.92. The second-order valence-electron chi connectivity index (χ2n) is 5.25. The molecule has 9 nitrogen and oxygen atoms in total. The maximum atomic E-state index is 12.6. The summed E-state index contributed by atoms with van der Waals surface area (Å²) in [7, 11) is 0. The van der Waals surface area contributed by atoms with Gasteiger partial charge in [-0.25, -0.2) is 5.01 Å². The first-order valence-electron chi connectivity index (χ1n) is 7.39. The maximum Gasteiger partial charge on any atom is 0.285 e. The molecule has 1 amide bonds. The predicted molar refractivity (Wildman–Crippen MR) is 105 cm³/mol. The highest BCUT2D eigenvalue weighted by molar-refractivity contribution is 8.26. The number of anilines is 1. The van der Waals surface area contributed by atoms with Gasteiger partial charge in [-0.3, -0.25) is 30.4 Å². The number of nitro groups is 2. The van der Waals surface area contributed by atoms with Crippen LogP contribution in [-0.2, 0) is 4.79 Å². The Kier molecular flexibility index (Phi) is 5.14. The van der Waals surface area contributed by atoms with Crippen molar-refractivity contribution < 1.29 is 14.6 Å². The Morgan fingerprint density at radius 3 is 2.33 bits per heavy atom. The molecule has 0 aliphatic carbocycles. The third-order valence-corrected chi connectivity index (χ3v) is 4.83. The zero-order valence-electron chi connectivity index (χ0n) is 13.4. The van der Waals surface area contributed by atoms with Gasteiger partial charge in [-0.15, -0.1) is 0 Å². The van der Waals surface area contributed by atoms with Crippen LogP contribution < -0.4 is 5.43 Å². The van der Waals surface area contributed by atoms with Gasteiger partial charge >= 0.3 is 0 Å². The molecule has 0 radical (unpaired) electrons. The fraction of sp³-hybridized carbons (Fsp3) is 0. The normalized spacial score (nSPS) is 15.3. The van der Waals surface area contributed by atoms with E-state index in [1.54, 1.807) is 6.07 Å². The van der Waals surface area contributed by atoms with Gasteiger partial charge in [-0.05, 0) is 36.5 Å². The smallest absolute Gasteiger partial charge is 0.285 e. The quantitative estimate of drug-likeness (QED) is 0.348. The lowest BCUT2D eigenvalue weighted by Crippen LogP contribution is -2.33. The minimum atomic E-state index is -0.529. The Hall–Kier alpha value is -3.31. The van der Waals surface area contributed by atoms with Crippen LogP contribution in [0.1, 0.15) is 5.56 Å². The van der Waals surface area contributed by atoms with Crippen molar-refractivity contribution >= 4 is 57.3 Å². The minimum Gasteiger partial charge on any atom is -0.290 e. The molecule has 0 bridgehead atoms. The maximum absolute atomic E-state index is 12.6. The number of hydrazine groups is 1. The number of hydrogen-bond acceptors (Lipinski definition) is 8. The highest BCUT2D eigenvalue weighted by Crippen LogP contribution is 2.34. The van der Waals surface area contributed by atoms with E-state index in [1.165, 1.54) is 48.5 Å². The molecule has 0 saturated carbocycles. The van der Waals surface area contributed by atoms with Crippen molar-refractivity contribution in [1.29, 1.82) is 0 Å². The van der Waals surface area contributed by atoms with Crippen molar-refractivity contribution in [3.63, 3.8) is 0 Å². The van der Waals surface area contributed by atoms with Crippen LogP contribution in [-0.4, -0.2) is 25.1 Å². The molecular weight excluding hydrogens is 392 g/mol. The summed E-state index contributed by atoms with van der Waals surface area (Å²) in [6, 6.07) is 11.5. The molecule has 1 saturated heterocycles. The minimum absolute atomic E-state index is 0.0813. The fourth-order valence-electron chi connectivity index (χ4n) is 2.27. The zero-order chi connectivity index (χ0) is 19.6. The number of benzene rings is 2. The van der Waals surface area contributed by atoms with E-state index in [1.807, 2.05) is 0 Å². The lowest BCUT2D eigenvalue weighted by Gasteiger charge is -2.16. The molecule has 1 heterocycles. The van der Waals surface area contributed by atoms with E-state index in [9.17, 15) is 25.0 Å². The fourth-order valence-corrected chi connectivity index (χ4v) is 3.44. The standard InChI is InChI=1S/C16H10N4O5S2/c21-15-14(9-10-3-1-2-4-13(10)20(24)25)27-16(26)18(15)17-11-5-7-12(8-6-11)19(22)23/h1-9,17H/b14-9+. The van der Waals surface area contributed by atoms with Gasteiger partial charge in [0.15, 0.2) is 4.32 Å². The monoisotopic (exact) mass is 402 g/mol.